The van der Waals surface area contributed by atoms with E-state index in [4.69, 9.17) is 0 Å². The summed E-state index contributed by atoms with van der Waals surface area (Å²) in [5, 5.41) is 10.4. The molecule has 1 amide bonds. The van der Waals surface area contributed by atoms with Gasteiger partial charge in [0.1, 0.15) is 0 Å². The summed E-state index contributed by atoms with van der Waals surface area (Å²) in [5.41, 5.74) is 5.09. The van der Waals surface area contributed by atoms with Gasteiger partial charge >= 0.3 is 0 Å². The van der Waals surface area contributed by atoms with E-state index >= 15 is 0 Å². The van der Waals surface area contributed by atoms with Crippen molar-refractivity contribution in [1.82, 2.24) is 10.9 Å². The summed E-state index contributed by atoms with van der Waals surface area (Å²) in [5.74, 6) is -0.469. The van der Waals surface area contributed by atoms with Crippen molar-refractivity contribution in [3.05, 3.63) is 34.0 Å². The second-order valence-corrected chi connectivity index (χ2v) is 2.89. The molecule has 2 aliphatic rings. The van der Waals surface area contributed by atoms with E-state index in [1.54, 1.807) is 0 Å². The van der Waals surface area contributed by atoms with Gasteiger partial charge in [-0.3, -0.25) is 20.3 Å². The van der Waals surface area contributed by atoms with E-state index in [-0.39, 0.29) is 23.6 Å². The fraction of sp³-hybridized carbons (Fsp3) is 0.286. The Labute approximate surface area is 73.4 Å². The Hall–Kier alpha value is -1.69. The van der Waals surface area contributed by atoms with Crippen LogP contribution < -0.4 is 10.9 Å². The third-order valence-electron chi connectivity index (χ3n) is 2.09. The SMILES string of the molecule is O=C1NN[C@H]2C=C([N+](=O)[O-])C=C[C@H]12. The quantitative estimate of drug-likeness (QED) is 0.415. The molecule has 0 aromatic carbocycles. The van der Waals surface area contributed by atoms with E-state index in [2.05, 4.69) is 10.9 Å². The van der Waals surface area contributed by atoms with Crippen LogP contribution in [0, 0.1) is 16.0 Å². The van der Waals surface area contributed by atoms with E-state index in [1.165, 1.54) is 18.2 Å². The van der Waals surface area contributed by atoms with Gasteiger partial charge < -0.3 is 0 Å². The van der Waals surface area contributed by atoms with Gasteiger partial charge in [-0.2, -0.15) is 0 Å². The van der Waals surface area contributed by atoms with E-state index < -0.39 is 4.92 Å². The molecule has 1 aliphatic carbocycles. The molecule has 0 unspecified atom stereocenters. The Morgan fingerprint density at radius 1 is 1.54 bits per heavy atom. The van der Waals surface area contributed by atoms with Crippen molar-refractivity contribution in [2.45, 2.75) is 6.04 Å². The summed E-state index contributed by atoms with van der Waals surface area (Å²) < 4.78 is 0. The highest BCUT2D eigenvalue weighted by Gasteiger charge is 2.35. The summed E-state index contributed by atoms with van der Waals surface area (Å²) in [7, 11) is 0. The molecule has 68 valence electrons. The summed E-state index contributed by atoms with van der Waals surface area (Å²) >= 11 is 0. The van der Waals surface area contributed by atoms with Gasteiger partial charge in [0.05, 0.1) is 16.9 Å². The summed E-state index contributed by atoms with van der Waals surface area (Å²) in [6, 6.07) is -0.294. The molecule has 1 saturated heterocycles. The first-order valence-electron chi connectivity index (χ1n) is 3.78. The highest BCUT2D eigenvalue weighted by atomic mass is 16.6. The highest BCUT2D eigenvalue weighted by molar-refractivity contribution is 5.83. The Kier molecular flexibility index (Phi) is 1.63. The van der Waals surface area contributed by atoms with Gasteiger partial charge in [0.15, 0.2) is 0 Å². The number of carbonyl (C=O) groups is 1. The number of hydrogen-bond donors (Lipinski definition) is 2. The Balaban J connectivity index is 2.25. The van der Waals surface area contributed by atoms with Crippen molar-refractivity contribution in [1.29, 1.82) is 0 Å². The van der Waals surface area contributed by atoms with Crippen molar-refractivity contribution in [3.8, 4) is 0 Å². The molecule has 13 heavy (non-hydrogen) atoms. The third-order valence-corrected chi connectivity index (χ3v) is 2.09. The zero-order valence-corrected chi connectivity index (χ0v) is 6.56. The lowest BCUT2D eigenvalue weighted by atomic mass is 9.95. The van der Waals surface area contributed by atoms with E-state index in [1.807, 2.05) is 0 Å². The number of nitro groups is 1. The first-order valence-corrected chi connectivity index (χ1v) is 3.78. The van der Waals surface area contributed by atoms with Crippen molar-refractivity contribution < 1.29 is 9.72 Å². The number of amides is 1. The average Bonchev–Trinajstić information content (AvgIpc) is 2.47. The van der Waals surface area contributed by atoms with E-state index in [9.17, 15) is 14.9 Å². The van der Waals surface area contributed by atoms with Crippen molar-refractivity contribution in [2.75, 3.05) is 0 Å². The molecule has 0 aromatic rings. The monoisotopic (exact) mass is 181 g/mol. The number of rotatable bonds is 1. The lowest BCUT2D eigenvalue weighted by Crippen LogP contribution is -2.31. The third kappa shape index (κ3) is 1.20. The summed E-state index contributed by atoms with van der Waals surface area (Å²) in [6.45, 7) is 0. The van der Waals surface area contributed by atoms with Gasteiger partial charge in [-0.05, 0) is 0 Å². The fourth-order valence-corrected chi connectivity index (χ4v) is 1.41. The van der Waals surface area contributed by atoms with Gasteiger partial charge in [0.2, 0.25) is 5.91 Å². The van der Waals surface area contributed by atoms with Crippen molar-refractivity contribution in [3.63, 3.8) is 0 Å². The largest absolute Gasteiger partial charge is 0.290 e. The van der Waals surface area contributed by atoms with E-state index in [0.717, 1.165) is 0 Å². The van der Waals surface area contributed by atoms with Crippen molar-refractivity contribution >= 4 is 5.91 Å². The molecule has 0 radical (unpaired) electrons. The molecule has 0 spiro atoms. The van der Waals surface area contributed by atoms with Crippen LogP contribution in [0.4, 0.5) is 0 Å². The zero-order valence-electron chi connectivity index (χ0n) is 6.56. The van der Waals surface area contributed by atoms with Gasteiger partial charge in [-0.1, -0.05) is 6.08 Å². The fourth-order valence-electron chi connectivity index (χ4n) is 1.41. The first-order chi connectivity index (χ1) is 6.18. The van der Waals surface area contributed by atoms with Gasteiger partial charge in [0, 0.05) is 12.2 Å². The van der Waals surface area contributed by atoms with Crippen LogP contribution in [0.2, 0.25) is 0 Å². The standard InChI is InChI=1S/C7H7N3O3/c11-7-5-2-1-4(10(12)13)3-6(5)8-9-7/h1-3,5-6,8H,(H,9,11)/t5-,6-/m0/s1. The number of fused-ring (bicyclic) bond motifs is 1. The molecule has 0 saturated carbocycles. The first kappa shape index (κ1) is 7.93. The molecule has 0 aromatic heterocycles. The molecule has 2 rings (SSSR count). The Morgan fingerprint density at radius 2 is 2.31 bits per heavy atom. The van der Waals surface area contributed by atoms with Crippen LogP contribution in [0.3, 0.4) is 0 Å². The maximum Gasteiger partial charge on any atom is 0.266 e. The maximum absolute atomic E-state index is 11.1. The van der Waals surface area contributed by atoms with Crippen LogP contribution in [0.1, 0.15) is 0 Å². The van der Waals surface area contributed by atoms with Crippen LogP contribution in [-0.4, -0.2) is 16.9 Å². The normalized spacial score (nSPS) is 30.8. The maximum atomic E-state index is 11.1. The molecule has 2 N–H and O–H groups in total. The van der Waals surface area contributed by atoms with Gasteiger partial charge in [-0.15, -0.1) is 0 Å². The smallest absolute Gasteiger partial charge is 0.266 e. The lowest BCUT2D eigenvalue weighted by Gasteiger charge is -2.11. The molecule has 1 aliphatic heterocycles. The lowest BCUT2D eigenvalue weighted by molar-refractivity contribution is -0.419. The zero-order chi connectivity index (χ0) is 9.42. The Morgan fingerprint density at radius 3 is 3.00 bits per heavy atom. The Bertz CT molecular complexity index is 334. The minimum atomic E-state index is -0.475. The van der Waals surface area contributed by atoms with Crippen LogP contribution in [0.25, 0.3) is 0 Å². The minimum Gasteiger partial charge on any atom is -0.290 e. The van der Waals surface area contributed by atoms with Crippen molar-refractivity contribution in [2.24, 2.45) is 5.92 Å². The molecule has 6 nitrogen and oxygen atoms in total. The predicted molar refractivity (Wildman–Crippen MR) is 42.8 cm³/mol. The van der Waals surface area contributed by atoms with Crippen LogP contribution in [-0.2, 0) is 4.79 Å². The molecule has 1 heterocycles. The minimum absolute atomic E-state index is 0.0188. The molecular weight excluding hydrogens is 174 g/mol. The van der Waals surface area contributed by atoms with E-state index in [0.29, 0.717) is 0 Å². The number of carbonyl (C=O) groups excluding carboxylic acids is 1. The number of hydrazine groups is 1. The average molecular weight is 181 g/mol. The molecular formula is C7H7N3O3. The predicted octanol–water partition coefficient (Wildman–Crippen LogP) is -0.664. The molecule has 1 fully saturated rings. The van der Waals surface area contributed by atoms with Gasteiger partial charge in [0.25, 0.3) is 5.70 Å². The molecule has 2 atom stereocenters. The second kappa shape index (κ2) is 2.67. The van der Waals surface area contributed by atoms with Crippen LogP contribution in [0.15, 0.2) is 23.9 Å². The molecule has 0 bridgehead atoms. The topological polar surface area (TPSA) is 84.3 Å². The molecule has 6 heteroatoms. The van der Waals surface area contributed by atoms with Gasteiger partial charge in [-0.25, -0.2) is 5.43 Å². The number of allylic oxidation sites excluding steroid dienone is 1. The number of hydrogen-bond acceptors (Lipinski definition) is 4. The second-order valence-electron chi connectivity index (χ2n) is 2.89. The van der Waals surface area contributed by atoms with Crippen LogP contribution >= 0.6 is 0 Å². The number of nitrogens with one attached hydrogen (secondary N) is 2. The summed E-state index contributed by atoms with van der Waals surface area (Å²) in [4.78, 5) is 21.0. The highest BCUT2D eigenvalue weighted by Crippen LogP contribution is 2.20. The number of nitrogens with zero attached hydrogens (tertiary/aromatic N) is 1. The van der Waals surface area contributed by atoms with Crippen LogP contribution in [0.5, 0.6) is 0 Å². The summed E-state index contributed by atoms with van der Waals surface area (Å²) in [6.07, 6.45) is 4.33.